The van der Waals surface area contributed by atoms with Gasteiger partial charge in [-0.1, -0.05) is 23.2 Å². The summed E-state index contributed by atoms with van der Waals surface area (Å²) in [7, 11) is 0. The molecule has 0 radical (unpaired) electrons. The van der Waals surface area contributed by atoms with Crippen LogP contribution in [0.2, 0.25) is 10.0 Å². The van der Waals surface area contributed by atoms with Crippen LogP contribution in [-0.4, -0.2) is 15.3 Å². The van der Waals surface area contributed by atoms with E-state index in [4.69, 9.17) is 38.2 Å². The molecule has 20 heavy (non-hydrogen) atoms. The van der Waals surface area contributed by atoms with Gasteiger partial charge < -0.3 is 20.1 Å². The van der Waals surface area contributed by atoms with E-state index in [0.717, 1.165) is 0 Å². The van der Waals surface area contributed by atoms with Crippen LogP contribution in [0.15, 0.2) is 30.3 Å². The summed E-state index contributed by atoms with van der Waals surface area (Å²) >= 11 is 11.8. The van der Waals surface area contributed by atoms with Crippen LogP contribution < -0.4 is 4.74 Å². The fourth-order valence-corrected chi connectivity index (χ4v) is 2.20. The van der Waals surface area contributed by atoms with Gasteiger partial charge in [-0.3, -0.25) is 0 Å². The summed E-state index contributed by atoms with van der Waals surface area (Å²) in [5, 5.41) is 28.6. The lowest BCUT2D eigenvalue weighted by Crippen LogP contribution is -1.97. The van der Waals surface area contributed by atoms with Crippen LogP contribution in [0.5, 0.6) is 17.2 Å². The average Bonchev–Trinajstić information content (AvgIpc) is 2.35. The Morgan fingerprint density at radius 2 is 1.80 bits per heavy atom. The van der Waals surface area contributed by atoms with Gasteiger partial charge in [0, 0.05) is 16.7 Å². The highest BCUT2D eigenvalue weighted by atomic mass is 35.5. The fraction of sp³-hybridized carbons (Fsp3) is 0.143. The van der Waals surface area contributed by atoms with Crippen molar-refractivity contribution >= 4 is 23.2 Å². The average molecular weight is 315 g/mol. The maximum Gasteiger partial charge on any atom is 0.178 e. The van der Waals surface area contributed by atoms with Crippen LogP contribution in [0.1, 0.15) is 17.4 Å². The Bertz CT molecular complexity index is 618. The first-order valence-electron chi connectivity index (χ1n) is 5.71. The standard InChI is InChI=1S/C14H12Cl2O4/c1-7-4-8(14(18)19)5-10(16)13(7)20-12-3-2-9(15)6-11(12)17/h2-6,14,17-19H,1H3. The number of phenols is 1. The van der Waals surface area contributed by atoms with Gasteiger partial charge >= 0.3 is 0 Å². The second kappa shape index (κ2) is 5.89. The number of rotatable bonds is 3. The smallest absolute Gasteiger partial charge is 0.178 e. The largest absolute Gasteiger partial charge is 0.504 e. The Morgan fingerprint density at radius 1 is 1.10 bits per heavy atom. The third kappa shape index (κ3) is 3.16. The van der Waals surface area contributed by atoms with Crippen molar-refractivity contribution in [3.8, 4) is 17.2 Å². The Morgan fingerprint density at radius 3 is 2.35 bits per heavy atom. The van der Waals surface area contributed by atoms with Crippen molar-refractivity contribution in [2.75, 3.05) is 0 Å². The molecule has 0 unspecified atom stereocenters. The van der Waals surface area contributed by atoms with Gasteiger partial charge in [0.15, 0.2) is 17.8 Å². The van der Waals surface area contributed by atoms with Gasteiger partial charge in [0.25, 0.3) is 0 Å². The van der Waals surface area contributed by atoms with Crippen LogP contribution in [0.4, 0.5) is 0 Å². The van der Waals surface area contributed by atoms with E-state index in [1.54, 1.807) is 19.1 Å². The van der Waals surface area contributed by atoms with Crippen molar-refractivity contribution < 1.29 is 20.1 Å². The second-order valence-corrected chi connectivity index (χ2v) is 5.08. The molecule has 0 aromatic heterocycles. The highest BCUT2D eigenvalue weighted by Crippen LogP contribution is 2.38. The Hall–Kier alpha value is -1.46. The molecule has 2 aromatic rings. The van der Waals surface area contributed by atoms with Crippen LogP contribution in [-0.2, 0) is 0 Å². The van der Waals surface area contributed by atoms with Crippen molar-refractivity contribution in [2.24, 2.45) is 0 Å². The van der Waals surface area contributed by atoms with E-state index in [1.165, 1.54) is 18.2 Å². The zero-order chi connectivity index (χ0) is 14.9. The number of hydrogen-bond acceptors (Lipinski definition) is 4. The third-order valence-electron chi connectivity index (χ3n) is 2.68. The van der Waals surface area contributed by atoms with E-state index in [-0.39, 0.29) is 22.1 Å². The van der Waals surface area contributed by atoms with Crippen LogP contribution in [0.3, 0.4) is 0 Å². The molecule has 0 saturated heterocycles. The summed E-state index contributed by atoms with van der Waals surface area (Å²) < 4.78 is 5.56. The molecule has 2 aromatic carbocycles. The summed E-state index contributed by atoms with van der Waals surface area (Å²) in [6.07, 6.45) is -1.61. The number of hydrogen-bond donors (Lipinski definition) is 3. The van der Waals surface area contributed by atoms with Gasteiger partial charge in [0.2, 0.25) is 0 Å². The summed E-state index contributed by atoms with van der Waals surface area (Å²) in [6, 6.07) is 7.38. The Labute approximate surface area is 125 Å². The van der Waals surface area contributed by atoms with Gasteiger partial charge in [-0.05, 0) is 36.8 Å². The van der Waals surface area contributed by atoms with E-state index >= 15 is 0 Å². The minimum Gasteiger partial charge on any atom is -0.504 e. The van der Waals surface area contributed by atoms with Crippen LogP contribution >= 0.6 is 23.2 Å². The predicted octanol–water partition coefficient (Wildman–Crippen LogP) is 3.78. The van der Waals surface area contributed by atoms with Crippen LogP contribution in [0, 0.1) is 6.92 Å². The minimum absolute atomic E-state index is 0.112. The van der Waals surface area contributed by atoms with E-state index < -0.39 is 6.29 Å². The van der Waals surface area contributed by atoms with Crippen molar-refractivity contribution in [1.29, 1.82) is 0 Å². The van der Waals surface area contributed by atoms with Crippen molar-refractivity contribution in [3.05, 3.63) is 51.5 Å². The molecule has 0 amide bonds. The minimum atomic E-state index is -1.61. The van der Waals surface area contributed by atoms with Gasteiger partial charge in [0.1, 0.15) is 5.75 Å². The summed E-state index contributed by atoms with van der Waals surface area (Å²) in [6.45, 7) is 1.71. The normalized spacial score (nSPS) is 10.9. The maximum atomic E-state index is 9.74. The van der Waals surface area contributed by atoms with Gasteiger partial charge in [-0.25, -0.2) is 0 Å². The molecular weight excluding hydrogens is 303 g/mol. The molecule has 0 bridgehead atoms. The fourth-order valence-electron chi connectivity index (χ4n) is 1.72. The number of phenolic OH excluding ortho intramolecular Hbond substituents is 1. The zero-order valence-corrected chi connectivity index (χ0v) is 12.0. The van der Waals surface area contributed by atoms with Gasteiger partial charge in [-0.15, -0.1) is 0 Å². The summed E-state index contributed by atoms with van der Waals surface area (Å²) in [4.78, 5) is 0. The lowest BCUT2D eigenvalue weighted by molar-refractivity contribution is -0.0425. The Kier molecular flexibility index (Phi) is 4.40. The lowest BCUT2D eigenvalue weighted by atomic mass is 10.1. The number of ether oxygens (including phenoxy) is 1. The number of aromatic hydroxyl groups is 1. The molecule has 0 aliphatic carbocycles. The molecule has 0 fully saturated rings. The highest BCUT2D eigenvalue weighted by molar-refractivity contribution is 6.32. The SMILES string of the molecule is Cc1cc(C(O)O)cc(Cl)c1Oc1ccc(Cl)cc1O. The number of benzene rings is 2. The summed E-state index contributed by atoms with van der Waals surface area (Å²) in [5.41, 5.74) is 0.870. The Balaban J connectivity index is 2.39. The molecule has 4 nitrogen and oxygen atoms in total. The zero-order valence-electron chi connectivity index (χ0n) is 10.5. The molecule has 0 heterocycles. The monoisotopic (exact) mass is 314 g/mol. The second-order valence-electron chi connectivity index (χ2n) is 4.24. The first-order valence-corrected chi connectivity index (χ1v) is 6.46. The van der Waals surface area contributed by atoms with E-state index in [9.17, 15) is 5.11 Å². The van der Waals surface area contributed by atoms with Crippen molar-refractivity contribution in [2.45, 2.75) is 13.2 Å². The van der Waals surface area contributed by atoms with Crippen molar-refractivity contribution in [3.63, 3.8) is 0 Å². The molecule has 0 saturated carbocycles. The van der Waals surface area contributed by atoms with E-state index in [0.29, 0.717) is 16.3 Å². The van der Waals surface area contributed by atoms with Gasteiger partial charge in [-0.2, -0.15) is 0 Å². The molecule has 0 aliphatic rings. The van der Waals surface area contributed by atoms with Crippen molar-refractivity contribution in [1.82, 2.24) is 0 Å². The molecule has 0 aliphatic heterocycles. The third-order valence-corrected chi connectivity index (χ3v) is 3.20. The predicted molar refractivity (Wildman–Crippen MR) is 76.6 cm³/mol. The highest BCUT2D eigenvalue weighted by Gasteiger charge is 2.14. The number of halogens is 2. The maximum absolute atomic E-state index is 9.74. The number of aliphatic hydroxyl groups is 2. The van der Waals surface area contributed by atoms with Crippen LogP contribution in [0.25, 0.3) is 0 Å². The topological polar surface area (TPSA) is 69.9 Å². The number of aliphatic hydroxyl groups excluding tert-OH is 1. The first-order chi connectivity index (χ1) is 9.38. The summed E-state index contributed by atoms with van der Waals surface area (Å²) in [5.74, 6) is 0.421. The molecule has 3 N–H and O–H groups in total. The molecule has 2 rings (SSSR count). The number of aryl methyl sites for hydroxylation is 1. The van der Waals surface area contributed by atoms with Gasteiger partial charge in [0.05, 0.1) is 5.02 Å². The molecule has 0 spiro atoms. The molecule has 6 heteroatoms. The first kappa shape index (κ1) is 14.9. The lowest BCUT2D eigenvalue weighted by Gasteiger charge is -2.14. The molecule has 0 atom stereocenters. The quantitative estimate of drug-likeness (QED) is 0.754. The molecular formula is C14H12Cl2O4. The van der Waals surface area contributed by atoms with E-state index in [1.807, 2.05) is 0 Å². The molecule has 106 valence electrons. The van der Waals surface area contributed by atoms with E-state index in [2.05, 4.69) is 0 Å².